The van der Waals surface area contributed by atoms with Crippen LogP contribution >= 0.6 is 0 Å². The molecule has 14 nitrogen and oxygen atoms in total. The molecule has 2 aliphatic heterocycles. The number of aromatic amines is 2. The van der Waals surface area contributed by atoms with Crippen LogP contribution in [0.4, 0.5) is 0 Å². The van der Waals surface area contributed by atoms with Gasteiger partial charge in [0.1, 0.15) is 20.2 Å². The number of H-pyrrole nitrogens is 2. The third-order valence-electron chi connectivity index (χ3n) is 9.80. The van der Waals surface area contributed by atoms with Crippen LogP contribution in [0.5, 0.6) is 0 Å². The van der Waals surface area contributed by atoms with Crippen LogP contribution in [0.25, 0.3) is 90.9 Å². The van der Waals surface area contributed by atoms with Gasteiger partial charge in [0.2, 0.25) is 0 Å². The number of hydrogen-bond acceptors (Lipinski definition) is 10. The van der Waals surface area contributed by atoms with Gasteiger partial charge in [0.15, 0.2) is 24.8 Å². The number of rotatable bonds is 6. The third-order valence-corrected chi connectivity index (χ3v) is 11.5. The quantitative estimate of drug-likeness (QED) is 0.101. The molecule has 0 saturated heterocycles. The Labute approximate surface area is 386 Å². The molecule has 0 amide bonds. The van der Waals surface area contributed by atoms with E-state index in [2.05, 4.69) is 9.97 Å². The fraction of sp³-hybridized carbons (Fsp3) is 0. The van der Waals surface area contributed by atoms with Gasteiger partial charge in [0, 0.05) is 68.6 Å². The maximum absolute atomic E-state index is 12.1. The Morgan fingerprint density at radius 1 is 0.400 bits per heavy atom. The largest absolute Gasteiger partial charge is 1.00 e. The average Bonchev–Trinajstić information content (AvgIpc) is 4.04. The first-order chi connectivity index (χ1) is 27.8. The number of hydrogen-bond donors (Lipinski definition) is 2. The van der Waals surface area contributed by atoms with E-state index in [-0.39, 0.29) is 59.1 Å². The number of fused-ring (bicyclic) bond motifs is 8. The monoisotopic (exact) mass is 852 g/mol. The topological polar surface area (TPSA) is 226 Å². The van der Waals surface area contributed by atoms with E-state index < -0.39 is 30.0 Å². The molecule has 18 heteroatoms. The van der Waals surface area contributed by atoms with E-state index >= 15 is 0 Å². The van der Waals surface area contributed by atoms with Crippen LogP contribution in [0.3, 0.4) is 0 Å². The zero-order chi connectivity index (χ0) is 40.3. The maximum atomic E-state index is 12.1. The van der Waals surface area contributed by atoms with Gasteiger partial charge in [-0.1, -0.05) is 24.3 Å². The van der Waals surface area contributed by atoms with Crippen molar-refractivity contribution in [2.45, 2.75) is 9.79 Å². The van der Waals surface area contributed by atoms with Crippen molar-refractivity contribution in [3.8, 4) is 44.5 Å². The van der Waals surface area contributed by atoms with E-state index in [1.807, 2.05) is 24.3 Å². The molecule has 2 aromatic carbocycles. The van der Waals surface area contributed by atoms with Crippen molar-refractivity contribution in [1.29, 1.82) is 0 Å². The Morgan fingerprint density at radius 3 is 0.900 bits per heavy atom. The second kappa shape index (κ2) is 16.7. The fourth-order valence-electron chi connectivity index (χ4n) is 7.16. The Bertz CT molecular complexity index is 3060. The van der Waals surface area contributed by atoms with Crippen molar-refractivity contribution in [2.75, 3.05) is 0 Å². The molecule has 0 saturated carbocycles. The van der Waals surface area contributed by atoms with Gasteiger partial charge in [0.05, 0.1) is 32.6 Å². The summed E-state index contributed by atoms with van der Waals surface area (Å²) in [5.41, 5.74) is 9.24. The second-order valence-electron chi connectivity index (χ2n) is 13.4. The number of nitrogens with zero attached hydrogens (tertiary/aromatic N) is 4. The molecular weight excluding hydrogens is 827 g/mol. The SMILES string of the molecule is O=S(=O)([O-])c1ccc(-c2c3nc(c(-c4cc[n+]([O-])cc4)c4ccc([nH]4)c(-c4cc[n+]([O-])cc4)c4nc(c(-c5ccc(S(=O)(=O)[O-])cc5)c5ccc2[nH]5)C=C4)C=C3)cc1.[Na+].[Na+]. The van der Waals surface area contributed by atoms with Gasteiger partial charge < -0.3 is 29.5 Å². The number of nitrogens with one attached hydrogen (secondary N) is 2. The second-order valence-corrected chi connectivity index (χ2v) is 16.1. The molecule has 7 heterocycles. The molecular formula is C42H26N6Na2O8S2. The summed E-state index contributed by atoms with van der Waals surface area (Å²) in [4.78, 5) is 16.4. The predicted molar refractivity (Wildman–Crippen MR) is 214 cm³/mol. The molecule has 0 spiro atoms. The van der Waals surface area contributed by atoms with Crippen LogP contribution in [0.15, 0.2) is 132 Å². The summed E-state index contributed by atoms with van der Waals surface area (Å²) in [7, 11) is -9.47. The van der Waals surface area contributed by atoms with Crippen molar-refractivity contribution in [2.24, 2.45) is 0 Å². The van der Waals surface area contributed by atoms with Crippen molar-refractivity contribution >= 4 is 66.6 Å². The standard InChI is InChI=1S/C42H28N6O8S2.2Na/c49-47-21-17-27(18-22-47)41-35-13-11-33(44-35)39(25-1-5-29(6-2-25)57(51,52)53)31-9-10-32(43-31)40(26-3-7-30(8-4-26)58(54,55)56)34-12-14-36(45-34)42(38-16-15-37(41)46-38)28-19-23-48(50)24-20-28;;/h1-24,43,46H,(H,51,52,53)(H,54,55,56);;/q;2*+1/p-2. The predicted octanol–water partition coefficient (Wildman–Crippen LogP) is 0.407. The van der Waals surface area contributed by atoms with E-state index in [1.54, 1.807) is 48.6 Å². The first kappa shape index (κ1) is 42.9. The van der Waals surface area contributed by atoms with Crippen molar-refractivity contribution in [3.05, 3.63) is 155 Å². The van der Waals surface area contributed by atoms with Crippen LogP contribution in [0.1, 0.15) is 22.8 Å². The molecule has 9 rings (SSSR count). The van der Waals surface area contributed by atoms with Gasteiger partial charge >= 0.3 is 59.1 Å². The Morgan fingerprint density at radius 2 is 0.650 bits per heavy atom. The molecule has 0 radical (unpaired) electrons. The summed E-state index contributed by atoms with van der Waals surface area (Å²) in [5, 5.41) is 24.3. The summed E-state index contributed by atoms with van der Waals surface area (Å²) in [6.07, 6.45) is 12.8. The normalized spacial score (nSPS) is 12.2. The minimum atomic E-state index is -4.74. The zero-order valence-electron chi connectivity index (χ0n) is 31.7. The molecule has 8 bridgehead atoms. The number of aromatic nitrogens is 6. The van der Waals surface area contributed by atoms with E-state index in [9.17, 15) is 36.4 Å². The molecule has 2 N–H and O–H groups in total. The molecule has 0 aliphatic carbocycles. The summed E-state index contributed by atoms with van der Waals surface area (Å²) < 4.78 is 72.5. The zero-order valence-corrected chi connectivity index (χ0v) is 37.4. The van der Waals surface area contributed by atoms with Crippen LogP contribution in [-0.4, -0.2) is 45.9 Å². The van der Waals surface area contributed by atoms with Gasteiger partial charge in [-0.25, -0.2) is 26.8 Å². The minimum absolute atomic E-state index is 0. The average molecular weight is 853 g/mol. The molecule has 0 fully saturated rings. The first-order valence-corrected chi connectivity index (χ1v) is 20.3. The summed E-state index contributed by atoms with van der Waals surface area (Å²) >= 11 is 0. The Hall–Kier alpha value is -5.24. The molecule has 0 atom stereocenters. The summed E-state index contributed by atoms with van der Waals surface area (Å²) in [5.74, 6) is 0. The molecule has 60 heavy (non-hydrogen) atoms. The van der Waals surface area contributed by atoms with Crippen molar-refractivity contribution < 1.29 is 94.5 Å². The van der Waals surface area contributed by atoms with E-state index in [4.69, 9.17) is 9.97 Å². The summed E-state index contributed by atoms with van der Waals surface area (Å²) in [6, 6.07) is 25.1. The molecule has 286 valence electrons. The van der Waals surface area contributed by atoms with Crippen LogP contribution in [0, 0.1) is 10.4 Å². The van der Waals surface area contributed by atoms with E-state index in [0.29, 0.717) is 98.8 Å². The fourth-order valence-corrected chi connectivity index (χ4v) is 8.09. The van der Waals surface area contributed by atoms with E-state index in [0.717, 1.165) is 0 Å². The number of benzene rings is 2. The van der Waals surface area contributed by atoms with Gasteiger partial charge in [-0.2, -0.15) is 9.46 Å². The van der Waals surface area contributed by atoms with Crippen LogP contribution in [0.2, 0.25) is 0 Å². The number of pyridine rings is 2. The van der Waals surface area contributed by atoms with Crippen molar-refractivity contribution in [1.82, 2.24) is 19.9 Å². The summed E-state index contributed by atoms with van der Waals surface area (Å²) in [6.45, 7) is 0. The Balaban J connectivity index is 0.00000272. The van der Waals surface area contributed by atoms with Gasteiger partial charge in [0.25, 0.3) is 0 Å². The van der Waals surface area contributed by atoms with Gasteiger partial charge in [-0.3, -0.25) is 0 Å². The Kier molecular flexibility index (Phi) is 11.9. The van der Waals surface area contributed by atoms with Crippen LogP contribution in [-0.2, 0) is 20.2 Å². The first-order valence-electron chi connectivity index (χ1n) is 17.5. The molecule has 7 aromatic rings. The molecule has 2 aliphatic rings. The molecule has 5 aromatic heterocycles. The molecule has 0 unspecified atom stereocenters. The third kappa shape index (κ3) is 8.27. The van der Waals surface area contributed by atoms with Crippen LogP contribution < -0.4 is 68.6 Å². The van der Waals surface area contributed by atoms with E-state index in [1.165, 1.54) is 73.3 Å². The van der Waals surface area contributed by atoms with Gasteiger partial charge in [-0.05, 0) is 95.1 Å². The smallest absolute Gasteiger partial charge is 0.744 e. The van der Waals surface area contributed by atoms with Crippen molar-refractivity contribution in [3.63, 3.8) is 0 Å². The minimum Gasteiger partial charge on any atom is -0.744 e. The maximum Gasteiger partial charge on any atom is 1.00 e. The van der Waals surface area contributed by atoms with Gasteiger partial charge in [-0.15, -0.1) is 0 Å².